The van der Waals surface area contributed by atoms with Crippen LogP contribution in [0.4, 0.5) is 0 Å². The summed E-state index contributed by atoms with van der Waals surface area (Å²) in [5.41, 5.74) is 1.36. The van der Waals surface area contributed by atoms with Gasteiger partial charge >= 0.3 is 0 Å². The molecule has 4 nitrogen and oxygen atoms in total. The van der Waals surface area contributed by atoms with Crippen LogP contribution in [0.1, 0.15) is 26.3 Å². The summed E-state index contributed by atoms with van der Waals surface area (Å²) in [6.07, 6.45) is 1.51. The highest BCUT2D eigenvalue weighted by Crippen LogP contribution is 2.28. The second-order valence-corrected chi connectivity index (χ2v) is 7.17. The SMILES string of the molecule is CC(C)(C)NCc1ccc(Sc2ncn[nH]2)cc1Br. The average Bonchev–Trinajstić information content (AvgIpc) is 2.79. The minimum absolute atomic E-state index is 0.118. The highest BCUT2D eigenvalue weighted by molar-refractivity contribution is 9.10. The van der Waals surface area contributed by atoms with Crippen LogP contribution in [-0.4, -0.2) is 20.7 Å². The third kappa shape index (κ3) is 4.63. The van der Waals surface area contributed by atoms with E-state index in [4.69, 9.17) is 0 Å². The largest absolute Gasteiger partial charge is 0.308 e. The first-order chi connectivity index (χ1) is 8.94. The lowest BCUT2D eigenvalue weighted by molar-refractivity contribution is 0.424. The number of nitrogens with one attached hydrogen (secondary N) is 2. The molecule has 0 saturated carbocycles. The van der Waals surface area contributed by atoms with E-state index < -0.39 is 0 Å². The summed E-state index contributed by atoms with van der Waals surface area (Å²) in [4.78, 5) is 5.23. The Morgan fingerprint density at radius 3 is 2.74 bits per heavy atom. The minimum Gasteiger partial charge on any atom is -0.308 e. The molecule has 0 atom stereocenters. The van der Waals surface area contributed by atoms with E-state index in [2.05, 4.69) is 75.4 Å². The van der Waals surface area contributed by atoms with Gasteiger partial charge in [-0.2, -0.15) is 5.10 Å². The third-order valence-electron chi connectivity index (χ3n) is 2.44. The van der Waals surface area contributed by atoms with E-state index >= 15 is 0 Å². The lowest BCUT2D eigenvalue weighted by atomic mass is 10.1. The van der Waals surface area contributed by atoms with E-state index in [1.165, 1.54) is 11.9 Å². The molecule has 2 N–H and O–H groups in total. The molecule has 0 amide bonds. The van der Waals surface area contributed by atoms with Crippen LogP contribution in [0.5, 0.6) is 0 Å². The fourth-order valence-electron chi connectivity index (χ4n) is 1.45. The van der Waals surface area contributed by atoms with Crippen LogP contribution in [0.15, 0.2) is 39.1 Å². The van der Waals surface area contributed by atoms with E-state index in [0.717, 1.165) is 21.1 Å². The lowest BCUT2D eigenvalue weighted by Gasteiger charge is -2.21. The van der Waals surface area contributed by atoms with Gasteiger partial charge in [-0.1, -0.05) is 33.8 Å². The van der Waals surface area contributed by atoms with Crippen LogP contribution in [0.25, 0.3) is 0 Å². The Morgan fingerprint density at radius 1 is 1.37 bits per heavy atom. The standard InChI is InChI=1S/C13H17BrN4S/c1-13(2,3)16-7-9-4-5-10(6-11(9)14)19-12-15-8-17-18-12/h4-6,8,16H,7H2,1-3H3,(H,15,17,18). The second kappa shape index (κ2) is 6.07. The van der Waals surface area contributed by atoms with Crippen LogP contribution < -0.4 is 5.32 Å². The number of rotatable bonds is 4. The van der Waals surface area contributed by atoms with Crippen molar-refractivity contribution in [3.8, 4) is 0 Å². The zero-order chi connectivity index (χ0) is 13.9. The summed E-state index contributed by atoms with van der Waals surface area (Å²) in [5, 5.41) is 11.0. The number of aromatic amines is 1. The Kier molecular flexibility index (Phi) is 4.65. The maximum Gasteiger partial charge on any atom is 0.188 e. The summed E-state index contributed by atoms with van der Waals surface area (Å²) < 4.78 is 1.11. The van der Waals surface area contributed by atoms with Crippen molar-refractivity contribution in [2.45, 2.75) is 42.9 Å². The second-order valence-electron chi connectivity index (χ2n) is 5.25. The summed E-state index contributed by atoms with van der Waals surface area (Å²) in [6.45, 7) is 7.33. The molecular formula is C13H17BrN4S. The monoisotopic (exact) mass is 340 g/mol. The number of hydrogen-bond donors (Lipinski definition) is 2. The smallest absolute Gasteiger partial charge is 0.188 e. The Labute approximate surface area is 125 Å². The topological polar surface area (TPSA) is 53.6 Å². The lowest BCUT2D eigenvalue weighted by Crippen LogP contribution is -2.35. The highest BCUT2D eigenvalue weighted by Gasteiger charge is 2.10. The number of nitrogens with zero attached hydrogens (tertiary/aromatic N) is 2. The number of H-pyrrole nitrogens is 1. The fraction of sp³-hybridized carbons (Fsp3) is 0.385. The van der Waals surface area contributed by atoms with Gasteiger partial charge in [0.15, 0.2) is 5.16 Å². The van der Waals surface area contributed by atoms with Gasteiger partial charge in [0, 0.05) is 21.5 Å². The first kappa shape index (κ1) is 14.6. The van der Waals surface area contributed by atoms with Crippen molar-refractivity contribution >= 4 is 27.7 Å². The maximum atomic E-state index is 4.10. The minimum atomic E-state index is 0.118. The van der Waals surface area contributed by atoms with Gasteiger partial charge in [0.1, 0.15) is 6.33 Å². The molecule has 0 aliphatic carbocycles. The van der Waals surface area contributed by atoms with Crippen molar-refractivity contribution in [1.29, 1.82) is 0 Å². The van der Waals surface area contributed by atoms with Crippen LogP contribution in [-0.2, 0) is 6.54 Å². The molecule has 0 bridgehead atoms. The maximum absolute atomic E-state index is 4.10. The van der Waals surface area contributed by atoms with E-state index in [1.54, 1.807) is 11.8 Å². The quantitative estimate of drug-likeness (QED) is 0.892. The van der Waals surface area contributed by atoms with Gasteiger partial charge in [0.05, 0.1) is 0 Å². The molecule has 2 rings (SSSR count). The molecule has 0 saturated heterocycles. The molecule has 19 heavy (non-hydrogen) atoms. The average molecular weight is 341 g/mol. The summed E-state index contributed by atoms with van der Waals surface area (Å²) in [7, 11) is 0. The molecule has 0 radical (unpaired) electrons. The van der Waals surface area contributed by atoms with Crippen molar-refractivity contribution < 1.29 is 0 Å². The molecule has 1 aromatic heterocycles. The first-order valence-electron chi connectivity index (χ1n) is 6.01. The normalized spacial score (nSPS) is 11.8. The van der Waals surface area contributed by atoms with Crippen molar-refractivity contribution in [3.63, 3.8) is 0 Å². The molecule has 6 heteroatoms. The predicted molar refractivity (Wildman–Crippen MR) is 81.2 cm³/mol. The van der Waals surface area contributed by atoms with Crippen LogP contribution in [0.2, 0.25) is 0 Å². The number of halogens is 1. The van der Waals surface area contributed by atoms with Crippen molar-refractivity contribution in [2.75, 3.05) is 0 Å². The number of hydrogen-bond acceptors (Lipinski definition) is 4. The molecule has 1 heterocycles. The molecular weight excluding hydrogens is 324 g/mol. The number of benzene rings is 1. The Bertz CT molecular complexity index is 534. The van der Waals surface area contributed by atoms with Crippen molar-refractivity contribution in [3.05, 3.63) is 34.6 Å². The van der Waals surface area contributed by atoms with Gasteiger partial charge in [-0.15, -0.1) is 0 Å². The van der Waals surface area contributed by atoms with E-state index in [1.807, 2.05) is 0 Å². The fourth-order valence-corrected chi connectivity index (χ4v) is 2.86. The van der Waals surface area contributed by atoms with Crippen LogP contribution >= 0.6 is 27.7 Å². The summed E-state index contributed by atoms with van der Waals surface area (Å²) in [5.74, 6) is 0. The van der Waals surface area contributed by atoms with Crippen molar-refractivity contribution in [2.24, 2.45) is 0 Å². The molecule has 0 aliphatic heterocycles. The number of aromatic nitrogens is 3. The molecule has 0 fully saturated rings. The molecule has 102 valence electrons. The van der Waals surface area contributed by atoms with Gasteiger partial charge in [-0.25, -0.2) is 4.98 Å². The first-order valence-corrected chi connectivity index (χ1v) is 7.62. The van der Waals surface area contributed by atoms with Gasteiger partial charge in [0.2, 0.25) is 0 Å². The Morgan fingerprint density at radius 2 is 2.16 bits per heavy atom. The zero-order valence-electron chi connectivity index (χ0n) is 11.2. The summed E-state index contributed by atoms with van der Waals surface area (Å²) in [6, 6.07) is 6.33. The van der Waals surface area contributed by atoms with Crippen LogP contribution in [0, 0.1) is 0 Å². The van der Waals surface area contributed by atoms with Gasteiger partial charge < -0.3 is 5.32 Å². The van der Waals surface area contributed by atoms with E-state index in [-0.39, 0.29) is 5.54 Å². The van der Waals surface area contributed by atoms with E-state index in [0.29, 0.717) is 0 Å². The van der Waals surface area contributed by atoms with Crippen molar-refractivity contribution in [1.82, 2.24) is 20.5 Å². The molecule has 0 spiro atoms. The van der Waals surface area contributed by atoms with Gasteiger partial charge in [-0.05, 0) is 38.5 Å². The molecule has 2 aromatic rings. The molecule has 1 aromatic carbocycles. The third-order valence-corrected chi connectivity index (χ3v) is 4.06. The van der Waals surface area contributed by atoms with E-state index in [9.17, 15) is 0 Å². The predicted octanol–water partition coefficient (Wildman–Crippen LogP) is 3.61. The molecule has 0 aliphatic rings. The summed E-state index contributed by atoms with van der Waals surface area (Å²) >= 11 is 5.18. The van der Waals surface area contributed by atoms with Gasteiger partial charge in [-0.3, -0.25) is 5.10 Å². The van der Waals surface area contributed by atoms with Crippen LogP contribution in [0.3, 0.4) is 0 Å². The molecule has 0 unspecified atom stereocenters. The highest BCUT2D eigenvalue weighted by atomic mass is 79.9. The Hall–Kier alpha value is -0.850. The Balaban J connectivity index is 2.04. The van der Waals surface area contributed by atoms with Gasteiger partial charge in [0.25, 0.3) is 0 Å². The zero-order valence-corrected chi connectivity index (χ0v) is 13.6.